The van der Waals surface area contributed by atoms with Crippen molar-refractivity contribution in [2.24, 2.45) is 23.7 Å². The number of carbonyl (C=O) groups is 2. The largest absolute Gasteiger partial charge is 0.462 e. The minimum atomic E-state index is -0.209. The van der Waals surface area contributed by atoms with Crippen LogP contribution in [0.1, 0.15) is 24.0 Å². The minimum Gasteiger partial charge on any atom is -0.462 e. The molecule has 0 aromatic heterocycles. The second kappa shape index (κ2) is 4.33. The van der Waals surface area contributed by atoms with Gasteiger partial charge in [0.15, 0.2) is 0 Å². The molecule has 1 aromatic carbocycles. The lowest BCUT2D eigenvalue weighted by Gasteiger charge is -2.24. The van der Waals surface area contributed by atoms with Crippen LogP contribution in [0.4, 0.5) is 5.69 Å². The highest BCUT2D eigenvalue weighted by Gasteiger charge is 2.63. The molecule has 2 bridgehead atoms. The number of esters is 1. The van der Waals surface area contributed by atoms with E-state index in [9.17, 15) is 9.59 Å². The van der Waals surface area contributed by atoms with Gasteiger partial charge in [-0.1, -0.05) is 17.7 Å². The molecule has 1 heterocycles. The molecule has 4 nitrogen and oxygen atoms in total. The van der Waals surface area contributed by atoms with Gasteiger partial charge in [0.2, 0.25) is 5.91 Å². The summed E-state index contributed by atoms with van der Waals surface area (Å²) in [6, 6.07) is 5.98. The molecule has 5 unspecified atom stereocenters. The molecular weight excluding hydrogens is 266 g/mol. The molecule has 0 spiro atoms. The Morgan fingerprint density at radius 2 is 2.10 bits per heavy atom. The van der Waals surface area contributed by atoms with Crippen LogP contribution < -0.4 is 5.32 Å². The Morgan fingerprint density at radius 3 is 2.86 bits per heavy atom. The molecule has 110 valence electrons. The summed E-state index contributed by atoms with van der Waals surface area (Å²) in [6.07, 6.45) is 1.90. The van der Waals surface area contributed by atoms with Gasteiger partial charge >= 0.3 is 5.97 Å². The summed E-state index contributed by atoms with van der Waals surface area (Å²) in [4.78, 5) is 24.6. The summed E-state index contributed by atoms with van der Waals surface area (Å²) in [6.45, 7) is 4.02. The number of hydrogen-bond donors (Lipinski definition) is 1. The molecule has 1 N–H and O–H groups in total. The van der Waals surface area contributed by atoms with Crippen LogP contribution in [0, 0.1) is 37.5 Å². The van der Waals surface area contributed by atoms with Crippen LogP contribution in [0.2, 0.25) is 0 Å². The molecule has 1 aliphatic heterocycles. The van der Waals surface area contributed by atoms with Crippen LogP contribution in [0.5, 0.6) is 0 Å². The highest BCUT2D eigenvalue weighted by atomic mass is 16.6. The second-order valence-corrected chi connectivity index (χ2v) is 6.73. The summed E-state index contributed by atoms with van der Waals surface area (Å²) in [5.41, 5.74) is 3.07. The molecule has 0 radical (unpaired) electrons. The van der Waals surface area contributed by atoms with Crippen molar-refractivity contribution >= 4 is 17.6 Å². The molecule has 5 atom stereocenters. The van der Waals surface area contributed by atoms with Crippen molar-refractivity contribution in [2.45, 2.75) is 32.8 Å². The maximum absolute atomic E-state index is 12.7. The van der Waals surface area contributed by atoms with Crippen LogP contribution in [0.15, 0.2) is 18.2 Å². The summed E-state index contributed by atoms with van der Waals surface area (Å²) < 4.78 is 5.39. The molecule has 2 saturated carbocycles. The molecule has 1 aromatic rings. The minimum absolute atomic E-state index is 0.0169. The predicted octanol–water partition coefficient (Wildman–Crippen LogP) is 2.44. The van der Waals surface area contributed by atoms with E-state index in [1.807, 2.05) is 26.0 Å². The smallest absolute Gasteiger partial charge is 0.310 e. The lowest BCUT2D eigenvalue weighted by Crippen LogP contribution is -2.36. The van der Waals surface area contributed by atoms with Crippen molar-refractivity contribution in [3.8, 4) is 0 Å². The van der Waals surface area contributed by atoms with E-state index in [0.29, 0.717) is 5.92 Å². The zero-order chi connectivity index (χ0) is 14.7. The number of nitrogens with one attached hydrogen (secondary N) is 1. The third-order valence-electron chi connectivity index (χ3n) is 5.43. The normalized spacial score (nSPS) is 35.9. The van der Waals surface area contributed by atoms with Crippen LogP contribution in [-0.2, 0) is 14.3 Å². The van der Waals surface area contributed by atoms with E-state index in [-0.39, 0.29) is 35.7 Å². The molecule has 3 aliphatic rings. The van der Waals surface area contributed by atoms with E-state index in [2.05, 4.69) is 11.4 Å². The highest BCUT2D eigenvalue weighted by Crippen LogP contribution is 2.57. The zero-order valence-corrected chi connectivity index (χ0v) is 12.3. The SMILES string of the molecule is Cc1ccc(NC(=O)C2C3CC4OC(=O)C2C4C3)c(C)c1. The summed E-state index contributed by atoms with van der Waals surface area (Å²) in [5.74, 6) is -0.0106. The standard InChI is InChI=1S/C17H19NO3/c1-8-3-4-12(9(2)5-8)18-16(19)14-10-6-11-13(7-10)21-17(20)15(11)14/h3-5,10-11,13-15H,6-7H2,1-2H3,(H,18,19). The van der Waals surface area contributed by atoms with Gasteiger partial charge in [0.1, 0.15) is 6.10 Å². The first-order chi connectivity index (χ1) is 10.0. The lowest BCUT2D eigenvalue weighted by atomic mass is 9.79. The number of amides is 1. The molecule has 4 heteroatoms. The van der Waals surface area contributed by atoms with Gasteiger partial charge in [0.25, 0.3) is 0 Å². The van der Waals surface area contributed by atoms with E-state index in [1.54, 1.807) is 0 Å². The van der Waals surface area contributed by atoms with E-state index in [0.717, 1.165) is 24.1 Å². The van der Waals surface area contributed by atoms with E-state index in [1.165, 1.54) is 5.56 Å². The predicted molar refractivity (Wildman–Crippen MR) is 77.6 cm³/mol. The summed E-state index contributed by atoms with van der Waals surface area (Å²) >= 11 is 0. The second-order valence-electron chi connectivity index (χ2n) is 6.73. The Labute approximate surface area is 123 Å². The Bertz CT molecular complexity index is 637. The van der Waals surface area contributed by atoms with Crippen LogP contribution in [0.25, 0.3) is 0 Å². The highest BCUT2D eigenvalue weighted by molar-refractivity contribution is 5.97. The lowest BCUT2D eigenvalue weighted by molar-refractivity contribution is -0.145. The molecular formula is C17H19NO3. The summed E-state index contributed by atoms with van der Waals surface area (Å²) in [5, 5.41) is 3.02. The van der Waals surface area contributed by atoms with Gasteiger partial charge < -0.3 is 10.1 Å². The molecule has 1 saturated heterocycles. The van der Waals surface area contributed by atoms with Crippen LogP contribution >= 0.6 is 0 Å². The fraction of sp³-hybridized carbons (Fsp3) is 0.529. The van der Waals surface area contributed by atoms with Gasteiger partial charge in [-0.2, -0.15) is 0 Å². The van der Waals surface area contributed by atoms with Crippen molar-refractivity contribution in [3.05, 3.63) is 29.3 Å². The Morgan fingerprint density at radius 1 is 1.29 bits per heavy atom. The van der Waals surface area contributed by atoms with Crippen LogP contribution in [0.3, 0.4) is 0 Å². The van der Waals surface area contributed by atoms with E-state index in [4.69, 9.17) is 4.74 Å². The van der Waals surface area contributed by atoms with Gasteiger partial charge in [0, 0.05) is 11.6 Å². The Balaban J connectivity index is 1.57. The van der Waals surface area contributed by atoms with Gasteiger partial charge in [-0.3, -0.25) is 9.59 Å². The molecule has 3 fully saturated rings. The monoisotopic (exact) mass is 285 g/mol. The first-order valence-corrected chi connectivity index (χ1v) is 7.63. The Hall–Kier alpha value is -1.84. The van der Waals surface area contributed by atoms with E-state index >= 15 is 0 Å². The zero-order valence-electron chi connectivity index (χ0n) is 12.3. The van der Waals surface area contributed by atoms with Crippen molar-refractivity contribution in [1.82, 2.24) is 0 Å². The number of carbonyl (C=O) groups excluding carboxylic acids is 2. The number of ether oxygens (including phenoxy) is 1. The van der Waals surface area contributed by atoms with Crippen LogP contribution in [-0.4, -0.2) is 18.0 Å². The fourth-order valence-electron chi connectivity index (χ4n) is 4.53. The number of fused-ring (bicyclic) bond motifs is 1. The molecule has 4 rings (SSSR count). The number of aryl methyl sites for hydroxylation is 2. The molecule has 1 amide bonds. The van der Waals surface area contributed by atoms with Gasteiger partial charge in [-0.05, 0) is 44.2 Å². The number of anilines is 1. The first kappa shape index (κ1) is 12.9. The average molecular weight is 285 g/mol. The third kappa shape index (κ3) is 1.81. The van der Waals surface area contributed by atoms with E-state index < -0.39 is 0 Å². The topological polar surface area (TPSA) is 55.4 Å². The van der Waals surface area contributed by atoms with Crippen molar-refractivity contribution in [2.75, 3.05) is 5.32 Å². The molecule has 2 aliphatic carbocycles. The quantitative estimate of drug-likeness (QED) is 0.849. The van der Waals surface area contributed by atoms with Gasteiger partial charge in [0.05, 0.1) is 11.8 Å². The van der Waals surface area contributed by atoms with Crippen molar-refractivity contribution in [1.29, 1.82) is 0 Å². The van der Waals surface area contributed by atoms with Gasteiger partial charge in [-0.25, -0.2) is 0 Å². The van der Waals surface area contributed by atoms with Crippen molar-refractivity contribution < 1.29 is 14.3 Å². The summed E-state index contributed by atoms with van der Waals surface area (Å²) in [7, 11) is 0. The van der Waals surface area contributed by atoms with Crippen molar-refractivity contribution in [3.63, 3.8) is 0 Å². The Kier molecular flexibility index (Phi) is 2.65. The number of hydrogen-bond acceptors (Lipinski definition) is 3. The average Bonchev–Trinajstić information content (AvgIpc) is 3.02. The van der Waals surface area contributed by atoms with Gasteiger partial charge in [-0.15, -0.1) is 0 Å². The number of benzene rings is 1. The maximum atomic E-state index is 12.7. The molecule has 21 heavy (non-hydrogen) atoms. The fourth-order valence-corrected chi connectivity index (χ4v) is 4.53. The third-order valence-corrected chi connectivity index (χ3v) is 5.43. The maximum Gasteiger partial charge on any atom is 0.310 e. The number of rotatable bonds is 2. The first-order valence-electron chi connectivity index (χ1n) is 7.63.